The lowest BCUT2D eigenvalue weighted by Gasteiger charge is -2.36. The number of fused-ring (bicyclic) bond motifs is 1. The van der Waals surface area contributed by atoms with E-state index in [0.29, 0.717) is 6.79 Å². The van der Waals surface area contributed by atoms with Crippen molar-refractivity contribution in [1.82, 2.24) is 20.1 Å². The van der Waals surface area contributed by atoms with Crippen molar-refractivity contribution in [3.05, 3.63) is 39.3 Å². The molecule has 0 bridgehead atoms. The molecule has 8 heteroatoms. The van der Waals surface area contributed by atoms with Crippen LogP contribution in [-0.2, 0) is 13.1 Å². The summed E-state index contributed by atoms with van der Waals surface area (Å²) in [7, 11) is 1.85. The van der Waals surface area contributed by atoms with Gasteiger partial charge < -0.3 is 19.7 Å². The zero-order valence-corrected chi connectivity index (χ0v) is 17.5. The molecule has 2 aliphatic rings. The number of hydrogen-bond acceptors (Lipinski definition) is 6. The summed E-state index contributed by atoms with van der Waals surface area (Å²) < 4.78 is 10.9. The molecule has 1 aromatic carbocycles. The summed E-state index contributed by atoms with van der Waals surface area (Å²) in [4.78, 5) is 15.1. The molecule has 0 spiro atoms. The first-order valence-corrected chi connectivity index (χ1v) is 10.4. The van der Waals surface area contributed by atoms with E-state index in [1.807, 2.05) is 13.1 Å². The van der Waals surface area contributed by atoms with Crippen molar-refractivity contribution in [1.29, 1.82) is 0 Å². The molecule has 1 aromatic heterocycles. The number of aryl methyl sites for hydroxylation is 2. The lowest BCUT2D eigenvalue weighted by Crippen LogP contribution is -2.52. The number of hydrogen-bond donors (Lipinski definition) is 1. The normalized spacial score (nSPS) is 17.2. The number of ether oxygens (including phenoxy) is 2. The predicted octanol–water partition coefficient (Wildman–Crippen LogP) is 2.38. The van der Waals surface area contributed by atoms with Crippen LogP contribution in [0.15, 0.2) is 23.2 Å². The number of guanidine groups is 1. The van der Waals surface area contributed by atoms with E-state index in [2.05, 4.69) is 51.1 Å². The van der Waals surface area contributed by atoms with Crippen LogP contribution in [0.5, 0.6) is 11.5 Å². The van der Waals surface area contributed by atoms with Gasteiger partial charge in [-0.2, -0.15) is 0 Å². The molecule has 1 N–H and O–H groups in total. The first-order valence-electron chi connectivity index (χ1n) is 9.62. The zero-order chi connectivity index (χ0) is 19.5. The van der Waals surface area contributed by atoms with E-state index < -0.39 is 0 Å². The number of nitrogens with one attached hydrogen (secondary N) is 1. The van der Waals surface area contributed by atoms with E-state index in [1.54, 1.807) is 11.3 Å². The van der Waals surface area contributed by atoms with Crippen LogP contribution in [0.3, 0.4) is 0 Å². The molecule has 0 radical (unpaired) electrons. The zero-order valence-electron chi connectivity index (χ0n) is 16.7. The second-order valence-electron chi connectivity index (χ2n) is 7.10. The molecule has 4 rings (SSSR count). The molecule has 0 saturated carbocycles. The van der Waals surface area contributed by atoms with Crippen LogP contribution in [0.4, 0.5) is 0 Å². The van der Waals surface area contributed by atoms with Gasteiger partial charge in [-0.25, -0.2) is 4.98 Å². The Morgan fingerprint density at radius 1 is 1.18 bits per heavy atom. The second-order valence-corrected chi connectivity index (χ2v) is 8.39. The summed E-state index contributed by atoms with van der Waals surface area (Å²) in [6, 6.07) is 6.22. The Kier molecular flexibility index (Phi) is 5.68. The Morgan fingerprint density at radius 3 is 2.68 bits per heavy atom. The van der Waals surface area contributed by atoms with E-state index in [-0.39, 0.29) is 0 Å². The molecule has 1 fully saturated rings. The van der Waals surface area contributed by atoms with Crippen LogP contribution in [0.2, 0.25) is 0 Å². The van der Waals surface area contributed by atoms with Gasteiger partial charge in [-0.1, -0.05) is 6.07 Å². The molecule has 1 saturated heterocycles. The van der Waals surface area contributed by atoms with Crippen molar-refractivity contribution in [3.8, 4) is 11.5 Å². The van der Waals surface area contributed by atoms with Gasteiger partial charge in [0.2, 0.25) is 6.79 Å². The molecule has 28 heavy (non-hydrogen) atoms. The summed E-state index contributed by atoms with van der Waals surface area (Å²) in [6.45, 7) is 10.1. The van der Waals surface area contributed by atoms with Gasteiger partial charge in [-0.15, -0.1) is 11.3 Å². The molecule has 2 aliphatic heterocycles. The highest BCUT2D eigenvalue weighted by Gasteiger charge is 2.21. The van der Waals surface area contributed by atoms with Crippen LogP contribution in [0, 0.1) is 13.8 Å². The third-order valence-corrected chi connectivity index (χ3v) is 6.27. The summed E-state index contributed by atoms with van der Waals surface area (Å²) in [5, 5.41) is 4.57. The van der Waals surface area contributed by atoms with Gasteiger partial charge in [0.1, 0.15) is 5.01 Å². The summed E-state index contributed by atoms with van der Waals surface area (Å²) in [5.74, 6) is 2.65. The van der Waals surface area contributed by atoms with Crippen LogP contribution < -0.4 is 14.8 Å². The third-order valence-electron chi connectivity index (χ3n) is 5.20. The maximum atomic E-state index is 5.49. The third kappa shape index (κ3) is 4.23. The standard InChI is InChI=1S/C20H27N5O2S/c1-14-15(2)28-19(23-14)11-22-20(21-3)25-8-6-24(7-9-25)12-16-4-5-17-18(10-16)27-13-26-17/h4-5,10H,6-9,11-13H2,1-3H3,(H,21,22). The van der Waals surface area contributed by atoms with Gasteiger partial charge in [0.25, 0.3) is 0 Å². The number of piperazine rings is 1. The topological polar surface area (TPSA) is 62.2 Å². The first-order chi connectivity index (χ1) is 13.6. The highest BCUT2D eigenvalue weighted by atomic mass is 32.1. The molecule has 0 aliphatic carbocycles. The summed E-state index contributed by atoms with van der Waals surface area (Å²) in [5.41, 5.74) is 2.38. The van der Waals surface area contributed by atoms with Gasteiger partial charge >= 0.3 is 0 Å². The number of aliphatic imine (C=N–C) groups is 1. The minimum Gasteiger partial charge on any atom is -0.454 e. The second kappa shape index (κ2) is 8.36. The van der Waals surface area contributed by atoms with Crippen molar-refractivity contribution >= 4 is 17.3 Å². The molecule has 0 amide bonds. The average molecular weight is 402 g/mol. The van der Waals surface area contributed by atoms with E-state index in [1.165, 1.54) is 10.4 Å². The fraction of sp³-hybridized carbons (Fsp3) is 0.500. The molecule has 2 aromatic rings. The Hall–Kier alpha value is -2.32. The SMILES string of the molecule is CN=C(NCc1nc(C)c(C)s1)N1CCN(Cc2ccc3c(c2)OCO3)CC1. The van der Waals surface area contributed by atoms with Crippen molar-refractivity contribution in [3.63, 3.8) is 0 Å². The molecule has 0 unspecified atom stereocenters. The van der Waals surface area contributed by atoms with Crippen LogP contribution in [-0.4, -0.2) is 60.8 Å². The Bertz CT molecular complexity index is 839. The number of benzene rings is 1. The molecule has 7 nitrogen and oxygen atoms in total. The predicted molar refractivity (Wildman–Crippen MR) is 111 cm³/mol. The number of aromatic nitrogens is 1. The fourth-order valence-electron chi connectivity index (χ4n) is 3.52. The average Bonchev–Trinajstić information content (AvgIpc) is 3.29. The first kappa shape index (κ1) is 19.0. The lowest BCUT2D eigenvalue weighted by molar-refractivity contribution is 0.171. The number of thiazole rings is 1. The Labute approximate surface area is 170 Å². The largest absolute Gasteiger partial charge is 0.454 e. The molecular formula is C20H27N5O2S. The maximum Gasteiger partial charge on any atom is 0.231 e. The monoisotopic (exact) mass is 401 g/mol. The van der Waals surface area contributed by atoms with Crippen LogP contribution >= 0.6 is 11.3 Å². The quantitative estimate of drug-likeness (QED) is 0.627. The highest BCUT2D eigenvalue weighted by molar-refractivity contribution is 7.11. The fourth-order valence-corrected chi connectivity index (χ4v) is 4.39. The Balaban J connectivity index is 1.27. The van der Waals surface area contributed by atoms with Crippen molar-refractivity contribution in [2.75, 3.05) is 40.0 Å². The number of nitrogens with zero attached hydrogens (tertiary/aromatic N) is 4. The summed E-state index contributed by atoms with van der Waals surface area (Å²) in [6.07, 6.45) is 0. The van der Waals surface area contributed by atoms with E-state index >= 15 is 0 Å². The van der Waals surface area contributed by atoms with Crippen molar-refractivity contribution in [2.45, 2.75) is 26.9 Å². The van der Waals surface area contributed by atoms with Gasteiger partial charge in [-0.05, 0) is 31.5 Å². The highest BCUT2D eigenvalue weighted by Crippen LogP contribution is 2.32. The van der Waals surface area contributed by atoms with E-state index in [4.69, 9.17) is 9.47 Å². The van der Waals surface area contributed by atoms with Gasteiger partial charge in [0, 0.05) is 44.6 Å². The Morgan fingerprint density at radius 2 is 1.96 bits per heavy atom. The summed E-state index contributed by atoms with van der Waals surface area (Å²) >= 11 is 1.75. The van der Waals surface area contributed by atoms with E-state index in [0.717, 1.165) is 67.4 Å². The molecule has 0 atom stereocenters. The van der Waals surface area contributed by atoms with Gasteiger partial charge in [0.05, 0.1) is 12.2 Å². The maximum absolute atomic E-state index is 5.49. The van der Waals surface area contributed by atoms with Crippen LogP contribution in [0.1, 0.15) is 21.1 Å². The minimum absolute atomic E-state index is 0.323. The van der Waals surface area contributed by atoms with E-state index in [9.17, 15) is 0 Å². The smallest absolute Gasteiger partial charge is 0.231 e. The molecular weight excluding hydrogens is 374 g/mol. The van der Waals surface area contributed by atoms with Gasteiger partial charge in [0.15, 0.2) is 17.5 Å². The molecule has 150 valence electrons. The van der Waals surface area contributed by atoms with Crippen molar-refractivity contribution in [2.24, 2.45) is 4.99 Å². The van der Waals surface area contributed by atoms with Crippen LogP contribution in [0.25, 0.3) is 0 Å². The molecule has 3 heterocycles. The van der Waals surface area contributed by atoms with Crippen molar-refractivity contribution < 1.29 is 9.47 Å². The lowest BCUT2D eigenvalue weighted by atomic mass is 10.1. The minimum atomic E-state index is 0.323. The van der Waals surface area contributed by atoms with Gasteiger partial charge in [-0.3, -0.25) is 9.89 Å². The number of rotatable bonds is 4.